The van der Waals surface area contributed by atoms with Gasteiger partial charge in [-0.1, -0.05) is 0 Å². The van der Waals surface area contributed by atoms with Crippen LogP contribution in [-0.4, -0.2) is 39.9 Å². The molecule has 1 amide bonds. The number of hydrogen-bond donors (Lipinski definition) is 2. The Labute approximate surface area is 119 Å². The Kier molecular flexibility index (Phi) is 4.68. The first-order valence-electron chi connectivity index (χ1n) is 6.14. The van der Waals surface area contributed by atoms with Crippen LogP contribution in [0.25, 0.3) is 0 Å². The van der Waals surface area contributed by atoms with E-state index >= 15 is 0 Å². The Balaban J connectivity index is 0.00000180. The summed E-state index contributed by atoms with van der Waals surface area (Å²) in [7, 11) is 0. The predicted octanol–water partition coefficient (Wildman–Crippen LogP) is 2.14. The molecule has 0 aliphatic carbocycles. The van der Waals surface area contributed by atoms with Crippen molar-refractivity contribution in [1.82, 2.24) is 15.1 Å². The van der Waals surface area contributed by atoms with E-state index in [1.807, 2.05) is 26.8 Å². The number of nitrogen functional groups attached to an aromatic ring is 1. The highest BCUT2D eigenvalue weighted by Gasteiger charge is 2.31. The van der Waals surface area contributed by atoms with Gasteiger partial charge in [-0.05, 0) is 27.2 Å². The minimum absolute atomic E-state index is 0. The SMILES string of the molecule is CC(C)(C)OC(=O)N1CCC(c2cc(N)n[nH]2)C1.Cl. The molecular formula is C12H21ClN4O2. The number of nitrogens with two attached hydrogens (primary N) is 1. The van der Waals surface area contributed by atoms with Crippen molar-refractivity contribution in [3.05, 3.63) is 11.8 Å². The van der Waals surface area contributed by atoms with Crippen molar-refractivity contribution in [3.63, 3.8) is 0 Å². The lowest BCUT2D eigenvalue weighted by atomic mass is 10.1. The Morgan fingerprint density at radius 2 is 2.26 bits per heavy atom. The summed E-state index contributed by atoms with van der Waals surface area (Å²) in [6.45, 7) is 6.96. The van der Waals surface area contributed by atoms with E-state index in [1.165, 1.54) is 0 Å². The average Bonchev–Trinajstić information content (AvgIpc) is 2.82. The Bertz CT molecular complexity index is 441. The van der Waals surface area contributed by atoms with Gasteiger partial charge in [0.2, 0.25) is 0 Å². The van der Waals surface area contributed by atoms with E-state index in [2.05, 4.69) is 10.2 Å². The predicted molar refractivity (Wildman–Crippen MR) is 75.4 cm³/mol. The molecule has 0 radical (unpaired) electrons. The van der Waals surface area contributed by atoms with Gasteiger partial charge in [0.25, 0.3) is 0 Å². The third-order valence-corrected chi connectivity index (χ3v) is 2.90. The van der Waals surface area contributed by atoms with Crippen molar-refractivity contribution in [3.8, 4) is 0 Å². The van der Waals surface area contributed by atoms with Crippen LogP contribution in [-0.2, 0) is 4.74 Å². The van der Waals surface area contributed by atoms with Gasteiger partial charge in [0.05, 0.1) is 0 Å². The number of carbonyl (C=O) groups is 1. The minimum atomic E-state index is -0.451. The zero-order valence-corrected chi connectivity index (χ0v) is 12.3. The van der Waals surface area contributed by atoms with Crippen molar-refractivity contribution in [2.45, 2.75) is 38.7 Å². The molecule has 6 nitrogen and oxygen atoms in total. The molecule has 0 saturated carbocycles. The minimum Gasteiger partial charge on any atom is -0.444 e. The van der Waals surface area contributed by atoms with Crippen LogP contribution in [0.5, 0.6) is 0 Å². The summed E-state index contributed by atoms with van der Waals surface area (Å²) in [6.07, 6.45) is 0.651. The normalized spacial score (nSPS) is 19.1. The van der Waals surface area contributed by atoms with Crippen LogP contribution in [0.15, 0.2) is 6.07 Å². The van der Waals surface area contributed by atoms with Gasteiger partial charge in [0.15, 0.2) is 0 Å². The van der Waals surface area contributed by atoms with Crippen molar-refractivity contribution in [1.29, 1.82) is 0 Å². The lowest BCUT2D eigenvalue weighted by Crippen LogP contribution is -2.35. The van der Waals surface area contributed by atoms with Gasteiger partial charge in [-0.15, -0.1) is 12.4 Å². The van der Waals surface area contributed by atoms with Crippen LogP contribution in [0.1, 0.15) is 38.8 Å². The number of amides is 1. The van der Waals surface area contributed by atoms with Gasteiger partial charge >= 0.3 is 6.09 Å². The summed E-state index contributed by atoms with van der Waals surface area (Å²) in [5.41, 5.74) is 6.11. The zero-order chi connectivity index (χ0) is 13.3. The Morgan fingerprint density at radius 1 is 1.58 bits per heavy atom. The molecule has 1 atom stereocenters. The second-order valence-electron chi connectivity index (χ2n) is 5.66. The number of nitrogens with zero attached hydrogens (tertiary/aromatic N) is 2. The van der Waals surface area contributed by atoms with Gasteiger partial charge in [-0.2, -0.15) is 5.10 Å². The number of nitrogens with one attached hydrogen (secondary N) is 1. The maximum Gasteiger partial charge on any atom is 0.410 e. The smallest absolute Gasteiger partial charge is 0.410 e. The molecule has 2 rings (SSSR count). The van der Waals surface area contributed by atoms with Crippen molar-refractivity contribution in [2.24, 2.45) is 0 Å². The fourth-order valence-corrected chi connectivity index (χ4v) is 2.07. The fourth-order valence-electron chi connectivity index (χ4n) is 2.07. The first-order chi connectivity index (χ1) is 8.35. The molecule has 1 unspecified atom stereocenters. The number of carbonyl (C=O) groups excluding carboxylic acids is 1. The largest absolute Gasteiger partial charge is 0.444 e. The molecule has 1 aromatic rings. The van der Waals surface area contributed by atoms with E-state index < -0.39 is 5.60 Å². The molecule has 3 N–H and O–H groups in total. The third kappa shape index (κ3) is 4.02. The lowest BCUT2D eigenvalue weighted by Gasteiger charge is -2.24. The maximum atomic E-state index is 11.9. The number of H-pyrrole nitrogens is 1. The number of hydrogen-bond acceptors (Lipinski definition) is 4. The highest BCUT2D eigenvalue weighted by molar-refractivity contribution is 5.85. The first-order valence-corrected chi connectivity index (χ1v) is 6.14. The number of anilines is 1. The fraction of sp³-hybridized carbons (Fsp3) is 0.667. The van der Waals surface area contributed by atoms with Crippen molar-refractivity contribution in [2.75, 3.05) is 18.8 Å². The van der Waals surface area contributed by atoms with Gasteiger partial charge in [-0.3, -0.25) is 5.10 Å². The average molecular weight is 289 g/mol. The van der Waals surface area contributed by atoms with E-state index in [9.17, 15) is 4.79 Å². The summed E-state index contributed by atoms with van der Waals surface area (Å²) in [5.74, 6) is 0.753. The van der Waals surface area contributed by atoms with Gasteiger partial charge in [-0.25, -0.2) is 4.79 Å². The summed E-state index contributed by atoms with van der Waals surface area (Å²) >= 11 is 0. The molecule has 1 aliphatic rings. The second-order valence-corrected chi connectivity index (χ2v) is 5.66. The number of ether oxygens (including phenoxy) is 1. The molecule has 1 aromatic heterocycles. The van der Waals surface area contributed by atoms with E-state index in [4.69, 9.17) is 10.5 Å². The molecule has 0 bridgehead atoms. The molecule has 2 heterocycles. The topological polar surface area (TPSA) is 84.2 Å². The van der Waals surface area contributed by atoms with Crippen molar-refractivity contribution >= 4 is 24.3 Å². The van der Waals surface area contributed by atoms with Gasteiger partial charge < -0.3 is 15.4 Å². The lowest BCUT2D eigenvalue weighted by molar-refractivity contribution is 0.0292. The number of aromatic amines is 1. The standard InChI is InChI=1S/C12H20N4O2.ClH/c1-12(2,3)18-11(17)16-5-4-8(7-16)9-6-10(13)15-14-9;/h6,8H,4-5,7H2,1-3H3,(H3,13,14,15);1H. The molecule has 0 spiro atoms. The number of rotatable bonds is 1. The summed E-state index contributed by atoms with van der Waals surface area (Å²) in [5, 5.41) is 6.81. The molecule has 1 saturated heterocycles. The van der Waals surface area contributed by atoms with E-state index in [0.29, 0.717) is 18.9 Å². The quantitative estimate of drug-likeness (QED) is 0.829. The third-order valence-electron chi connectivity index (χ3n) is 2.90. The number of likely N-dealkylation sites (tertiary alicyclic amines) is 1. The second kappa shape index (κ2) is 5.69. The first kappa shape index (κ1) is 15.6. The molecule has 0 aromatic carbocycles. The molecule has 19 heavy (non-hydrogen) atoms. The summed E-state index contributed by atoms with van der Waals surface area (Å²) in [4.78, 5) is 13.6. The monoisotopic (exact) mass is 288 g/mol. The molecule has 7 heteroatoms. The molecule has 1 aliphatic heterocycles. The van der Waals surface area contributed by atoms with Crippen LogP contribution in [0.4, 0.5) is 10.6 Å². The van der Waals surface area contributed by atoms with E-state index in [-0.39, 0.29) is 24.4 Å². The number of halogens is 1. The Hall–Kier alpha value is -1.43. The van der Waals surface area contributed by atoms with E-state index in [0.717, 1.165) is 12.1 Å². The highest BCUT2D eigenvalue weighted by atomic mass is 35.5. The van der Waals surface area contributed by atoms with Crippen LogP contribution >= 0.6 is 12.4 Å². The van der Waals surface area contributed by atoms with Crippen LogP contribution in [0, 0.1) is 0 Å². The molecule has 1 fully saturated rings. The van der Waals surface area contributed by atoms with Gasteiger partial charge in [0, 0.05) is 30.8 Å². The zero-order valence-electron chi connectivity index (χ0n) is 11.5. The highest BCUT2D eigenvalue weighted by Crippen LogP contribution is 2.27. The van der Waals surface area contributed by atoms with Crippen LogP contribution < -0.4 is 5.73 Å². The van der Waals surface area contributed by atoms with Crippen LogP contribution in [0.2, 0.25) is 0 Å². The van der Waals surface area contributed by atoms with Crippen molar-refractivity contribution < 1.29 is 9.53 Å². The molecular weight excluding hydrogens is 268 g/mol. The van der Waals surface area contributed by atoms with Gasteiger partial charge in [0.1, 0.15) is 11.4 Å². The molecule has 108 valence electrons. The maximum absolute atomic E-state index is 11.9. The van der Waals surface area contributed by atoms with E-state index in [1.54, 1.807) is 4.90 Å². The Morgan fingerprint density at radius 3 is 2.79 bits per heavy atom. The number of aromatic nitrogens is 2. The summed E-state index contributed by atoms with van der Waals surface area (Å²) < 4.78 is 5.35. The summed E-state index contributed by atoms with van der Waals surface area (Å²) in [6, 6.07) is 1.82. The van der Waals surface area contributed by atoms with Crippen LogP contribution in [0.3, 0.4) is 0 Å².